The summed E-state index contributed by atoms with van der Waals surface area (Å²) in [5.41, 5.74) is 11.9. The fourth-order valence-electron chi connectivity index (χ4n) is 8.24. The molecule has 5 nitrogen and oxygen atoms in total. The molecule has 11 aromatic rings. The quantitative estimate of drug-likeness (QED) is 0.172. The summed E-state index contributed by atoms with van der Waals surface area (Å²) in [6.45, 7) is 0. The summed E-state index contributed by atoms with van der Waals surface area (Å²) < 4.78 is 4.80. The Labute approximate surface area is 323 Å². The van der Waals surface area contributed by atoms with Crippen molar-refractivity contribution in [1.82, 2.24) is 24.1 Å². The Hall–Kier alpha value is -7.63. The first-order valence-corrected chi connectivity index (χ1v) is 18.9. The normalized spacial score (nSPS) is 11.6. The van der Waals surface area contributed by atoms with E-state index < -0.39 is 0 Å². The lowest BCUT2D eigenvalue weighted by molar-refractivity contribution is 1.07. The highest BCUT2D eigenvalue weighted by atomic mass is 15.0. The van der Waals surface area contributed by atoms with Crippen LogP contribution in [0.25, 0.3) is 100 Å². The molecule has 3 aromatic heterocycles. The van der Waals surface area contributed by atoms with Gasteiger partial charge in [-0.15, -0.1) is 0 Å². The summed E-state index contributed by atoms with van der Waals surface area (Å²) in [7, 11) is 0. The molecule has 0 saturated carbocycles. The van der Waals surface area contributed by atoms with Crippen LogP contribution in [0.3, 0.4) is 0 Å². The second-order valence-corrected chi connectivity index (χ2v) is 14.1. The molecule has 11 rings (SSSR count). The standard InChI is InChI=1S/C51H33N5/c1-4-16-34(17-5-1)36-20-14-21-37(32-36)50-52-49(35-18-6-2-7-19-35)53-51(54-50)38-22-15-25-40(33-38)56-44-28-12-10-26-41(44)42-30-31-46-47(48(42)56)43-27-11-13-29-45(43)55(46)39-23-8-3-9-24-39/h1-33H. The topological polar surface area (TPSA) is 48.5 Å². The van der Waals surface area contributed by atoms with Gasteiger partial charge in [-0.2, -0.15) is 0 Å². The van der Waals surface area contributed by atoms with E-state index in [0.29, 0.717) is 17.5 Å². The van der Waals surface area contributed by atoms with Gasteiger partial charge in [-0.05, 0) is 59.7 Å². The van der Waals surface area contributed by atoms with Crippen molar-refractivity contribution in [3.63, 3.8) is 0 Å². The molecule has 8 aromatic carbocycles. The maximum atomic E-state index is 5.17. The van der Waals surface area contributed by atoms with Gasteiger partial charge in [0.05, 0.1) is 22.1 Å². The van der Waals surface area contributed by atoms with Gasteiger partial charge in [0, 0.05) is 49.6 Å². The molecule has 0 radical (unpaired) electrons. The van der Waals surface area contributed by atoms with Crippen LogP contribution >= 0.6 is 0 Å². The molecule has 0 unspecified atom stereocenters. The minimum Gasteiger partial charge on any atom is -0.309 e. The highest BCUT2D eigenvalue weighted by molar-refractivity contribution is 6.26. The zero-order valence-corrected chi connectivity index (χ0v) is 30.3. The van der Waals surface area contributed by atoms with E-state index in [1.807, 2.05) is 24.3 Å². The number of aromatic nitrogens is 5. The van der Waals surface area contributed by atoms with Crippen LogP contribution in [0.1, 0.15) is 0 Å². The monoisotopic (exact) mass is 715 g/mol. The molecule has 0 spiro atoms. The first-order chi connectivity index (χ1) is 27.8. The average molecular weight is 716 g/mol. The number of para-hydroxylation sites is 3. The van der Waals surface area contributed by atoms with Gasteiger partial charge in [-0.1, -0.05) is 152 Å². The zero-order chi connectivity index (χ0) is 37.0. The van der Waals surface area contributed by atoms with E-state index >= 15 is 0 Å². The van der Waals surface area contributed by atoms with Gasteiger partial charge < -0.3 is 9.13 Å². The van der Waals surface area contributed by atoms with Gasteiger partial charge in [0.2, 0.25) is 0 Å². The summed E-state index contributed by atoms with van der Waals surface area (Å²) in [5.74, 6) is 1.88. The predicted molar refractivity (Wildman–Crippen MR) is 230 cm³/mol. The number of rotatable bonds is 6. The molecule has 3 heterocycles. The van der Waals surface area contributed by atoms with Crippen LogP contribution in [0.2, 0.25) is 0 Å². The van der Waals surface area contributed by atoms with Crippen LogP contribution in [0.15, 0.2) is 200 Å². The first-order valence-electron chi connectivity index (χ1n) is 18.9. The van der Waals surface area contributed by atoms with Crippen LogP contribution in [-0.2, 0) is 0 Å². The summed E-state index contributed by atoms with van der Waals surface area (Å²) in [6, 6.07) is 70.3. The lowest BCUT2D eigenvalue weighted by Crippen LogP contribution is -2.01. The molecule has 0 aliphatic heterocycles. The molecule has 0 bridgehead atoms. The Bertz CT molecular complexity index is 3240. The Morgan fingerprint density at radius 2 is 0.786 bits per heavy atom. The van der Waals surface area contributed by atoms with E-state index in [9.17, 15) is 0 Å². The average Bonchev–Trinajstić information content (AvgIpc) is 3.80. The van der Waals surface area contributed by atoms with Crippen molar-refractivity contribution in [2.24, 2.45) is 0 Å². The van der Waals surface area contributed by atoms with Crippen LogP contribution in [0.4, 0.5) is 0 Å². The second kappa shape index (κ2) is 13.0. The van der Waals surface area contributed by atoms with E-state index in [0.717, 1.165) is 50.2 Å². The molecule has 5 heteroatoms. The summed E-state index contributed by atoms with van der Waals surface area (Å²) in [4.78, 5) is 15.3. The SMILES string of the molecule is c1ccc(-c2cccc(-c3nc(-c4ccccc4)nc(-c4cccc(-n5c6ccccc6c6ccc7c(c8ccccc8n7-c7ccccc7)c65)c4)n3)c2)cc1. The van der Waals surface area contributed by atoms with E-state index in [1.54, 1.807) is 0 Å². The minimum absolute atomic E-state index is 0.618. The van der Waals surface area contributed by atoms with Gasteiger partial charge in [0.25, 0.3) is 0 Å². The molecule has 0 atom stereocenters. The Morgan fingerprint density at radius 1 is 0.286 bits per heavy atom. The molecule has 56 heavy (non-hydrogen) atoms. The molecule has 0 N–H and O–H groups in total. The van der Waals surface area contributed by atoms with Crippen molar-refractivity contribution in [3.8, 4) is 56.7 Å². The molecule has 0 fully saturated rings. The number of benzene rings is 8. The third kappa shape index (κ3) is 5.21. The van der Waals surface area contributed by atoms with E-state index in [2.05, 4.69) is 185 Å². The van der Waals surface area contributed by atoms with Crippen LogP contribution < -0.4 is 0 Å². The summed E-state index contributed by atoms with van der Waals surface area (Å²) >= 11 is 0. The van der Waals surface area contributed by atoms with Crippen molar-refractivity contribution < 1.29 is 0 Å². The predicted octanol–water partition coefficient (Wildman–Crippen LogP) is 12.7. The fraction of sp³-hybridized carbons (Fsp3) is 0. The minimum atomic E-state index is 0.618. The van der Waals surface area contributed by atoms with Crippen molar-refractivity contribution in [1.29, 1.82) is 0 Å². The highest BCUT2D eigenvalue weighted by Gasteiger charge is 2.21. The number of fused-ring (bicyclic) bond motifs is 7. The lowest BCUT2D eigenvalue weighted by atomic mass is 10.0. The lowest BCUT2D eigenvalue weighted by Gasteiger charge is -2.13. The van der Waals surface area contributed by atoms with Crippen molar-refractivity contribution in [2.75, 3.05) is 0 Å². The van der Waals surface area contributed by atoms with Gasteiger partial charge in [0.1, 0.15) is 0 Å². The number of hydrogen-bond donors (Lipinski definition) is 0. The van der Waals surface area contributed by atoms with Crippen molar-refractivity contribution in [2.45, 2.75) is 0 Å². The summed E-state index contributed by atoms with van der Waals surface area (Å²) in [6.07, 6.45) is 0. The van der Waals surface area contributed by atoms with Gasteiger partial charge in [-0.25, -0.2) is 15.0 Å². The molecule has 0 aliphatic carbocycles. The van der Waals surface area contributed by atoms with Gasteiger partial charge >= 0.3 is 0 Å². The van der Waals surface area contributed by atoms with Crippen molar-refractivity contribution in [3.05, 3.63) is 200 Å². The number of nitrogens with zero attached hydrogens (tertiary/aromatic N) is 5. The van der Waals surface area contributed by atoms with Gasteiger partial charge in [0.15, 0.2) is 17.5 Å². The first kappa shape index (κ1) is 31.9. The third-order valence-corrected chi connectivity index (χ3v) is 10.7. The molecule has 0 amide bonds. The Morgan fingerprint density at radius 3 is 1.50 bits per heavy atom. The molecule has 262 valence electrons. The third-order valence-electron chi connectivity index (χ3n) is 10.7. The second-order valence-electron chi connectivity index (χ2n) is 14.1. The van der Waals surface area contributed by atoms with E-state index in [-0.39, 0.29) is 0 Å². The maximum Gasteiger partial charge on any atom is 0.164 e. The van der Waals surface area contributed by atoms with E-state index in [4.69, 9.17) is 15.0 Å². The molecule has 0 aliphatic rings. The smallest absolute Gasteiger partial charge is 0.164 e. The molecular formula is C51H33N5. The van der Waals surface area contributed by atoms with Crippen molar-refractivity contribution >= 4 is 43.6 Å². The summed E-state index contributed by atoms with van der Waals surface area (Å²) in [5, 5.41) is 4.85. The number of hydrogen-bond acceptors (Lipinski definition) is 3. The maximum absolute atomic E-state index is 5.17. The Balaban J connectivity index is 1.15. The molecular weight excluding hydrogens is 683 g/mol. The fourth-order valence-corrected chi connectivity index (χ4v) is 8.24. The van der Waals surface area contributed by atoms with Crippen LogP contribution in [0, 0.1) is 0 Å². The Kier molecular flexibility index (Phi) is 7.42. The zero-order valence-electron chi connectivity index (χ0n) is 30.3. The highest BCUT2D eigenvalue weighted by Crippen LogP contribution is 2.42. The largest absolute Gasteiger partial charge is 0.309 e. The van der Waals surface area contributed by atoms with E-state index in [1.165, 1.54) is 32.6 Å². The van der Waals surface area contributed by atoms with Crippen LogP contribution in [0.5, 0.6) is 0 Å². The van der Waals surface area contributed by atoms with Crippen LogP contribution in [-0.4, -0.2) is 24.1 Å². The molecule has 0 saturated heterocycles. The van der Waals surface area contributed by atoms with Gasteiger partial charge in [-0.3, -0.25) is 0 Å².